The minimum atomic E-state index is -0.373. The Morgan fingerprint density at radius 3 is 2.46 bits per heavy atom. The van der Waals surface area contributed by atoms with Crippen molar-refractivity contribution in [2.24, 2.45) is 0 Å². The van der Waals surface area contributed by atoms with Crippen molar-refractivity contribution in [1.82, 2.24) is 0 Å². The van der Waals surface area contributed by atoms with Crippen LogP contribution in [0.1, 0.15) is 39.5 Å². The minimum absolute atomic E-state index is 0.224. The average Bonchev–Trinajstić information content (AvgIpc) is 2.14. The zero-order valence-electron chi connectivity index (χ0n) is 8.84. The Hall–Kier alpha value is -0.570. The molecule has 0 fully saturated rings. The molecular formula is C10H20O3. The first kappa shape index (κ1) is 12.4. The van der Waals surface area contributed by atoms with E-state index in [-0.39, 0.29) is 12.1 Å². The van der Waals surface area contributed by atoms with Crippen molar-refractivity contribution in [3.63, 3.8) is 0 Å². The summed E-state index contributed by atoms with van der Waals surface area (Å²) in [6, 6.07) is 0. The first-order chi connectivity index (χ1) is 6.26. The maximum Gasteiger partial charge on any atom is 0.335 e. The van der Waals surface area contributed by atoms with Crippen LogP contribution in [0.4, 0.5) is 0 Å². The highest BCUT2D eigenvalue weighted by Crippen LogP contribution is 2.03. The molecule has 3 heteroatoms. The second-order valence-electron chi connectivity index (χ2n) is 3.03. The number of methoxy groups -OCH3 is 1. The molecule has 0 aromatic heterocycles. The van der Waals surface area contributed by atoms with E-state index in [4.69, 9.17) is 9.47 Å². The fourth-order valence-electron chi connectivity index (χ4n) is 1.00. The number of esters is 1. The van der Waals surface area contributed by atoms with Crippen molar-refractivity contribution >= 4 is 5.97 Å². The van der Waals surface area contributed by atoms with E-state index in [0.29, 0.717) is 6.61 Å². The number of hydrogen-bond acceptors (Lipinski definition) is 3. The zero-order chi connectivity index (χ0) is 10.1. The van der Waals surface area contributed by atoms with Crippen molar-refractivity contribution in [1.29, 1.82) is 0 Å². The molecule has 1 unspecified atom stereocenters. The van der Waals surface area contributed by atoms with Gasteiger partial charge in [-0.3, -0.25) is 0 Å². The molecule has 0 saturated carbocycles. The Bertz CT molecular complexity index is 134. The lowest BCUT2D eigenvalue weighted by Gasteiger charge is -2.12. The highest BCUT2D eigenvalue weighted by molar-refractivity contribution is 5.74. The van der Waals surface area contributed by atoms with Gasteiger partial charge in [-0.25, -0.2) is 4.79 Å². The third-order valence-electron chi connectivity index (χ3n) is 1.84. The summed E-state index contributed by atoms with van der Waals surface area (Å²) < 4.78 is 10.0. The maximum atomic E-state index is 11.3. The summed E-state index contributed by atoms with van der Waals surface area (Å²) >= 11 is 0. The lowest BCUT2D eigenvalue weighted by molar-refractivity contribution is -0.155. The molecular weight excluding hydrogens is 168 g/mol. The van der Waals surface area contributed by atoms with E-state index in [1.54, 1.807) is 7.11 Å². The topological polar surface area (TPSA) is 35.5 Å². The average molecular weight is 188 g/mol. The van der Waals surface area contributed by atoms with Crippen LogP contribution in [0, 0.1) is 0 Å². The van der Waals surface area contributed by atoms with E-state index in [0.717, 1.165) is 25.7 Å². The van der Waals surface area contributed by atoms with Crippen LogP contribution in [-0.4, -0.2) is 25.8 Å². The van der Waals surface area contributed by atoms with E-state index in [1.807, 2.05) is 6.92 Å². The smallest absolute Gasteiger partial charge is 0.335 e. The molecule has 0 N–H and O–H groups in total. The van der Waals surface area contributed by atoms with E-state index >= 15 is 0 Å². The van der Waals surface area contributed by atoms with Gasteiger partial charge in [0.15, 0.2) is 6.10 Å². The van der Waals surface area contributed by atoms with Crippen LogP contribution in [0.25, 0.3) is 0 Å². The molecule has 0 saturated heterocycles. The molecule has 0 rings (SSSR count). The Kier molecular flexibility index (Phi) is 7.69. The van der Waals surface area contributed by atoms with Gasteiger partial charge in [0.05, 0.1) is 6.61 Å². The number of rotatable bonds is 7. The SMILES string of the molecule is CCCCOC(=O)C(CCC)OC. The summed E-state index contributed by atoms with van der Waals surface area (Å²) in [5.74, 6) is -0.224. The number of hydrogen-bond donors (Lipinski definition) is 0. The molecule has 0 aliphatic rings. The number of unbranched alkanes of at least 4 members (excludes halogenated alkanes) is 1. The van der Waals surface area contributed by atoms with E-state index < -0.39 is 0 Å². The molecule has 0 spiro atoms. The van der Waals surface area contributed by atoms with Crippen LogP contribution in [0.2, 0.25) is 0 Å². The molecule has 1 atom stereocenters. The van der Waals surface area contributed by atoms with Crippen molar-refractivity contribution in [3.05, 3.63) is 0 Å². The molecule has 13 heavy (non-hydrogen) atoms. The van der Waals surface area contributed by atoms with Gasteiger partial charge < -0.3 is 9.47 Å². The molecule has 3 nitrogen and oxygen atoms in total. The van der Waals surface area contributed by atoms with Gasteiger partial charge in [-0.15, -0.1) is 0 Å². The monoisotopic (exact) mass is 188 g/mol. The van der Waals surface area contributed by atoms with Gasteiger partial charge in [-0.05, 0) is 12.8 Å². The molecule has 0 aliphatic heterocycles. The molecule has 0 heterocycles. The lowest BCUT2D eigenvalue weighted by atomic mass is 10.2. The normalized spacial score (nSPS) is 12.5. The molecule has 0 aromatic carbocycles. The summed E-state index contributed by atoms with van der Waals surface area (Å²) in [5, 5.41) is 0. The molecule has 78 valence electrons. The Morgan fingerprint density at radius 1 is 1.31 bits per heavy atom. The van der Waals surface area contributed by atoms with Crippen molar-refractivity contribution in [2.75, 3.05) is 13.7 Å². The van der Waals surface area contributed by atoms with Crippen LogP contribution < -0.4 is 0 Å². The first-order valence-electron chi connectivity index (χ1n) is 4.95. The first-order valence-corrected chi connectivity index (χ1v) is 4.95. The van der Waals surface area contributed by atoms with Crippen molar-refractivity contribution < 1.29 is 14.3 Å². The van der Waals surface area contributed by atoms with Crippen LogP contribution in [0.3, 0.4) is 0 Å². The third-order valence-corrected chi connectivity index (χ3v) is 1.84. The Morgan fingerprint density at radius 2 is 2.00 bits per heavy atom. The number of ether oxygens (including phenoxy) is 2. The molecule has 0 aromatic rings. The van der Waals surface area contributed by atoms with Gasteiger partial charge in [0.1, 0.15) is 0 Å². The van der Waals surface area contributed by atoms with Gasteiger partial charge in [-0.1, -0.05) is 26.7 Å². The highest BCUT2D eigenvalue weighted by atomic mass is 16.6. The Balaban J connectivity index is 3.64. The van der Waals surface area contributed by atoms with E-state index in [2.05, 4.69) is 6.92 Å². The van der Waals surface area contributed by atoms with Gasteiger partial charge in [-0.2, -0.15) is 0 Å². The lowest BCUT2D eigenvalue weighted by Crippen LogP contribution is -2.25. The summed E-state index contributed by atoms with van der Waals surface area (Å²) in [6.45, 7) is 4.60. The Labute approximate surface area is 80.4 Å². The fourth-order valence-corrected chi connectivity index (χ4v) is 1.00. The largest absolute Gasteiger partial charge is 0.464 e. The fraction of sp³-hybridized carbons (Fsp3) is 0.900. The van der Waals surface area contributed by atoms with Gasteiger partial charge in [0.25, 0.3) is 0 Å². The van der Waals surface area contributed by atoms with Crippen molar-refractivity contribution in [2.45, 2.75) is 45.6 Å². The van der Waals surface area contributed by atoms with Crippen LogP contribution in [0.15, 0.2) is 0 Å². The summed E-state index contributed by atoms with van der Waals surface area (Å²) in [4.78, 5) is 11.3. The predicted octanol–water partition coefficient (Wildman–Crippen LogP) is 2.14. The molecule has 0 aliphatic carbocycles. The second kappa shape index (κ2) is 8.05. The summed E-state index contributed by atoms with van der Waals surface area (Å²) in [5.41, 5.74) is 0. The standard InChI is InChI=1S/C10H20O3/c1-4-6-8-13-10(11)9(12-3)7-5-2/h9H,4-8H2,1-3H3. The zero-order valence-corrected chi connectivity index (χ0v) is 8.84. The number of carbonyl (C=O) groups is 1. The highest BCUT2D eigenvalue weighted by Gasteiger charge is 2.17. The maximum absolute atomic E-state index is 11.3. The van der Waals surface area contributed by atoms with E-state index in [1.165, 1.54) is 0 Å². The minimum Gasteiger partial charge on any atom is -0.464 e. The van der Waals surface area contributed by atoms with Crippen LogP contribution >= 0.6 is 0 Å². The summed E-state index contributed by atoms with van der Waals surface area (Å²) in [6.07, 6.45) is 3.26. The van der Waals surface area contributed by atoms with Crippen molar-refractivity contribution in [3.8, 4) is 0 Å². The third kappa shape index (κ3) is 5.64. The van der Waals surface area contributed by atoms with Gasteiger partial charge in [0, 0.05) is 7.11 Å². The van der Waals surface area contributed by atoms with E-state index in [9.17, 15) is 4.79 Å². The molecule has 0 radical (unpaired) electrons. The summed E-state index contributed by atoms with van der Waals surface area (Å²) in [7, 11) is 1.54. The van der Waals surface area contributed by atoms with Gasteiger partial charge in [0.2, 0.25) is 0 Å². The number of carbonyl (C=O) groups excluding carboxylic acids is 1. The quantitative estimate of drug-likeness (QED) is 0.453. The van der Waals surface area contributed by atoms with Crippen LogP contribution in [0.5, 0.6) is 0 Å². The molecule has 0 bridgehead atoms. The van der Waals surface area contributed by atoms with Gasteiger partial charge >= 0.3 is 5.97 Å². The van der Waals surface area contributed by atoms with Crippen LogP contribution in [-0.2, 0) is 14.3 Å². The predicted molar refractivity (Wildman–Crippen MR) is 51.6 cm³/mol. The molecule has 0 amide bonds. The second-order valence-corrected chi connectivity index (χ2v) is 3.03.